The zero-order valence-corrected chi connectivity index (χ0v) is 29.8. The summed E-state index contributed by atoms with van der Waals surface area (Å²) in [5.74, 6) is -0.983. The fraction of sp³-hybridized carbons (Fsp3) is 0.238. The summed E-state index contributed by atoms with van der Waals surface area (Å²) in [5, 5.41) is 5.76. The lowest BCUT2D eigenvalue weighted by Gasteiger charge is -2.16. The van der Waals surface area contributed by atoms with Crippen molar-refractivity contribution < 1.29 is 42.9 Å². The van der Waals surface area contributed by atoms with Crippen LogP contribution in [0.25, 0.3) is 12.2 Å². The number of carbonyl (C=O) groups is 4. The Labute approximate surface area is 307 Å². The number of hydrogen-bond acceptors (Lipinski definition) is 9. The molecule has 2 heterocycles. The minimum absolute atomic E-state index is 0.0956. The molecule has 0 unspecified atom stereocenters. The molecule has 0 aromatic heterocycles. The van der Waals surface area contributed by atoms with Crippen LogP contribution in [-0.2, 0) is 23.8 Å². The number of rotatable bonds is 12. The first-order valence-electron chi connectivity index (χ1n) is 17.1. The molecule has 11 heteroatoms. The number of ether oxygens (including phenoxy) is 5. The first kappa shape index (κ1) is 36.7. The van der Waals surface area contributed by atoms with E-state index in [4.69, 9.17) is 23.7 Å². The van der Waals surface area contributed by atoms with Crippen molar-refractivity contribution in [2.75, 3.05) is 38.1 Å². The molecule has 53 heavy (non-hydrogen) atoms. The number of esters is 1. The number of amides is 2. The fourth-order valence-electron chi connectivity index (χ4n) is 6.33. The zero-order valence-electron chi connectivity index (χ0n) is 29.8. The van der Waals surface area contributed by atoms with Crippen LogP contribution in [0.1, 0.15) is 43.0 Å². The van der Waals surface area contributed by atoms with E-state index in [1.165, 1.54) is 26.4 Å². The summed E-state index contributed by atoms with van der Waals surface area (Å²) in [7, 11) is 3.01. The second-order valence-electron chi connectivity index (χ2n) is 12.7. The lowest BCUT2D eigenvalue weighted by Crippen LogP contribution is -2.34. The molecular formula is C42H40N2O9. The molecule has 2 amide bonds. The highest BCUT2D eigenvalue weighted by atomic mass is 16.6. The van der Waals surface area contributed by atoms with E-state index >= 15 is 0 Å². The van der Waals surface area contributed by atoms with Gasteiger partial charge in [0.2, 0.25) is 0 Å². The molecule has 0 radical (unpaired) electrons. The average Bonchev–Trinajstić information content (AvgIpc) is 3.77. The van der Waals surface area contributed by atoms with Gasteiger partial charge in [0, 0.05) is 17.2 Å². The van der Waals surface area contributed by atoms with Crippen molar-refractivity contribution in [2.45, 2.75) is 32.2 Å². The molecule has 2 fully saturated rings. The Morgan fingerprint density at radius 3 is 1.70 bits per heavy atom. The molecule has 4 aromatic carbocycles. The topological polar surface area (TPSA) is 138 Å². The molecule has 0 spiro atoms. The fourth-order valence-corrected chi connectivity index (χ4v) is 6.33. The van der Waals surface area contributed by atoms with Crippen LogP contribution in [-0.4, -0.2) is 69.3 Å². The van der Waals surface area contributed by atoms with Crippen LogP contribution >= 0.6 is 0 Å². The SMILES string of the molecule is COc1cc(/C=C/C(=O)O[C@@H]2CO[C@H]3[C@@H]2OC[C@@H]3C(=O)/C=C/c2ccc(NC(=O)c3ccccc3C)c(OC)c2)ccc1NC(=O)c1ccccc1C. The van der Waals surface area contributed by atoms with Gasteiger partial charge in [-0.3, -0.25) is 14.4 Å². The van der Waals surface area contributed by atoms with Gasteiger partial charge in [0.25, 0.3) is 11.8 Å². The van der Waals surface area contributed by atoms with E-state index in [2.05, 4.69) is 10.6 Å². The van der Waals surface area contributed by atoms with Gasteiger partial charge in [-0.05, 0) is 84.7 Å². The summed E-state index contributed by atoms with van der Waals surface area (Å²) in [6, 6.07) is 25.0. The maximum Gasteiger partial charge on any atom is 0.331 e. The third-order valence-electron chi connectivity index (χ3n) is 9.22. The van der Waals surface area contributed by atoms with Crippen molar-refractivity contribution in [1.29, 1.82) is 0 Å². The van der Waals surface area contributed by atoms with E-state index in [1.807, 2.05) is 44.2 Å². The van der Waals surface area contributed by atoms with Gasteiger partial charge in [-0.25, -0.2) is 4.79 Å². The van der Waals surface area contributed by atoms with Crippen LogP contribution in [0.15, 0.2) is 97.1 Å². The Hall–Kier alpha value is -6.04. The van der Waals surface area contributed by atoms with Gasteiger partial charge in [-0.2, -0.15) is 0 Å². The molecule has 2 saturated heterocycles. The average molecular weight is 717 g/mol. The van der Waals surface area contributed by atoms with Gasteiger partial charge >= 0.3 is 5.97 Å². The minimum atomic E-state index is -0.681. The smallest absolute Gasteiger partial charge is 0.331 e. The van der Waals surface area contributed by atoms with E-state index in [9.17, 15) is 19.2 Å². The molecule has 6 rings (SSSR count). The van der Waals surface area contributed by atoms with Crippen LogP contribution < -0.4 is 20.1 Å². The van der Waals surface area contributed by atoms with Crippen molar-refractivity contribution in [3.8, 4) is 11.5 Å². The van der Waals surface area contributed by atoms with E-state index in [0.29, 0.717) is 45.1 Å². The molecule has 2 aliphatic rings. The molecule has 0 bridgehead atoms. The van der Waals surface area contributed by atoms with Crippen molar-refractivity contribution in [2.24, 2.45) is 5.92 Å². The molecule has 0 aliphatic carbocycles. The molecule has 4 aromatic rings. The number of hydrogen-bond donors (Lipinski definition) is 2. The number of nitrogens with one attached hydrogen (secondary N) is 2. The Morgan fingerprint density at radius 2 is 1.17 bits per heavy atom. The van der Waals surface area contributed by atoms with Crippen LogP contribution in [0.5, 0.6) is 11.5 Å². The largest absolute Gasteiger partial charge is 0.495 e. The standard InChI is InChI=1S/C42H40N2O9/c1-25-9-5-7-11-29(25)41(47)43-32-17-13-27(21-35(32)49-3)15-19-34(45)31-23-51-40-37(24-52-39(31)40)53-38(46)20-16-28-14-18-33(36(22-28)50-4)44-42(48)30-12-8-6-10-26(30)2/h5-22,31,37,39-40H,23-24H2,1-4H3,(H,43,47)(H,44,48)/b19-15+,20-16+/t31-,37-,39-,40-/m1/s1. The Balaban J connectivity index is 1.02. The maximum atomic E-state index is 13.2. The Kier molecular flexibility index (Phi) is 11.5. The molecule has 4 atom stereocenters. The Morgan fingerprint density at radius 1 is 0.660 bits per heavy atom. The highest BCUT2D eigenvalue weighted by molar-refractivity contribution is 6.07. The molecule has 11 nitrogen and oxygen atoms in total. The number of anilines is 2. The summed E-state index contributed by atoms with van der Waals surface area (Å²) in [4.78, 5) is 51.7. The summed E-state index contributed by atoms with van der Waals surface area (Å²) < 4.78 is 28.4. The number of allylic oxidation sites excluding steroid dienone is 1. The number of methoxy groups -OCH3 is 2. The first-order valence-corrected chi connectivity index (χ1v) is 17.1. The quantitative estimate of drug-likeness (QED) is 0.125. The molecule has 2 N–H and O–H groups in total. The second-order valence-corrected chi connectivity index (χ2v) is 12.7. The predicted octanol–water partition coefficient (Wildman–Crippen LogP) is 6.45. The highest BCUT2D eigenvalue weighted by Crippen LogP contribution is 2.34. The van der Waals surface area contributed by atoms with Crippen LogP contribution in [0, 0.1) is 19.8 Å². The number of benzene rings is 4. The van der Waals surface area contributed by atoms with Crippen LogP contribution in [0.4, 0.5) is 11.4 Å². The summed E-state index contributed by atoms with van der Waals surface area (Å²) in [6.07, 6.45) is 4.19. The molecule has 0 saturated carbocycles. The van der Waals surface area contributed by atoms with Crippen molar-refractivity contribution in [3.05, 3.63) is 130 Å². The van der Waals surface area contributed by atoms with Gasteiger partial charge in [-0.15, -0.1) is 0 Å². The number of aryl methyl sites for hydroxylation is 2. The van der Waals surface area contributed by atoms with E-state index in [0.717, 1.165) is 11.1 Å². The monoisotopic (exact) mass is 716 g/mol. The van der Waals surface area contributed by atoms with Crippen molar-refractivity contribution >= 4 is 47.1 Å². The number of fused-ring (bicyclic) bond motifs is 1. The first-order chi connectivity index (χ1) is 25.6. The minimum Gasteiger partial charge on any atom is -0.495 e. The third kappa shape index (κ3) is 8.54. The predicted molar refractivity (Wildman–Crippen MR) is 200 cm³/mol. The van der Waals surface area contributed by atoms with E-state index in [1.54, 1.807) is 66.7 Å². The lowest BCUT2D eigenvalue weighted by atomic mass is 9.96. The van der Waals surface area contributed by atoms with Crippen LogP contribution in [0.2, 0.25) is 0 Å². The second kappa shape index (κ2) is 16.5. The molecule has 2 aliphatic heterocycles. The summed E-state index contributed by atoms with van der Waals surface area (Å²) in [5.41, 5.74) is 5.18. The normalized spacial score (nSPS) is 19.2. The van der Waals surface area contributed by atoms with E-state index < -0.39 is 30.2 Å². The van der Waals surface area contributed by atoms with Gasteiger partial charge in [0.05, 0.1) is 50.8 Å². The lowest BCUT2D eigenvalue weighted by molar-refractivity contribution is -0.147. The summed E-state index contributed by atoms with van der Waals surface area (Å²) >= 11 is 0. The zero-order chi connectivity index (χ0) is 37.5. The van der Waals surface area contributed by atoms with E-state index in [-0.39, 0.29) is 30.8 Å². The van der Waals surface area contributed by atoms with Gasteiger partial charge in [0.15, 0.2) is 11.9 Å². The molecule has 272 valence electrons. The summed E-state index contributed by atoms with van der Waals surface area (Å²) in [6.45, 7) is 3.96. The van der Waals surface area contributed by atoms with Gasteiger partial charge in [0.1, 0.15) is 17.6 Å². The van der Waals surface area contributed by atoms with Crippen molar-refractivity contribution in [1.82, 2.24) is 0 Å². The number of carbonyl (C=O) groups excluding carboxylic acids is 4. The molecular weight excluding hydrogens is 676 g/mol. The maximum absolute atomic E-state index is 13.2. The van der Waals surface area contributed by atoms with Gasteiger partial charge in [-0.1, -0.05) is 54.6 Å². The number of ketones is 1. The highest BCUT2D eigenvalue weighted by Gasteiger charge is 2.51. The third-order valence-corrected chi connectivity index (χ3v) is 9.22. The van der Waals surface area contributed by atoms with Crippen LogP contribution in [0.3, 0.4) is 0 Å². The van der Waals surface area contributed by atoms with Gasteiger partial charge < -0.3 is 34.3 Å². The van der Waals surface area contributed by atoms with Crippen molar-refractivity contribution in [3.63, 3.8) is 0 Å². The Bertz CT molecular complexity index is 2090.